The van der Waals surface area contributed by atoms with Crippen LogP contribution in [0.15, 0.2) is 30.3 Å². The van der Waals surface area contributed by atoms with E-state index < -0.39 is 17.9 Å². The number of carbonyl (C=O) groups is 3. The van der Waals surface area contributed by atoms with E-state index in [9.17, 15) is 14.4 Å². The summed E-state index contributed by atoms with van der Waals surface area (Å²) in [5.41, 5.74) is 0.707. The molecule has 0 aliphatic carbocycles. The van der Waals surface area contributed by atoms with Gasteiger partial charge in [-0.2, -0.15) is 0 Å². The fourth-order valence-corrected chi connectivity index (χ4v) is 1.95. The normalized spacial score (nSPS) is 10.1. The lowest BCUT2D eigenvalue weighted by Crippen LogP contribution is -2.35. The molecule has 0 fully saturated rings. The van der Waals surface area contributed by atoms with Gasteiger partial charge in [-0.25, -0.2) is 0 Å². The van der Waals surface area contributed by atoms with Crippen LogP contribution in [0.5, 0.6) is 0 Å². The Morgan fingerprint density at radius 3 is 2.00 bits per heavy atom. The molecule has 1 amide bonds. The number of esters is 2. The first-order chi connectivity index (χ1) is 10.0. The van der Waals surface area contributed by atoms with Crippen molar-refractivity contribution in [3.05, 3.63) is 30.3 Å². The molecule has 1 rings (SSSR count). The van der Waals surface area contributed by atoms with Crippen LogP contribution in [0.1, 0.15) is 13.3 Å². The van der Waals surface area contributed by atoms with E-state index >= 15 is 0 Å². The first-order valence-electron chi connectivity index (χ1n) is 6.50. The third-order valence-electron chi connectivity index (χ3n) is 3.06. The van der Waals surface area contributed by atoms with Crippen LogP contribution in [0, 0.1) is 5.92 Å². The topological polar surface area (TPSA) is 72.9 Å². The zero-order chi connectivity index (χ0) is 15.8. The SMILES string of the molecule is COC(=O)C(CCN(C(C)=O)c1ccccc1)C(=O)OC. The molecule has 6 heteroatoms. The van der Waals surface area contributed by atoms with Gasteiger partial charge in [-0.05, 0) is 18.6 Å². The van der Waals surface area contributed by atoms with Gasteiger partial charge in [0, 0.05) is 19.2 Å². The van der Waals surface area contributed by atoms with Crippen LogP contribution in [0.2, 0.25) is 0 Å². The lowest BCUT2D eigenvalue weighted by molar-refractivity contribution is -0.159. The second-order valence-corrected chi connectivity index (χ2v) is 4.39. The average Bonchev–Trinajstić information content (AvgIpc) is 2.50. The predicted molar refractivity (Wildman–Crippen MR) is 76.6 cm³/mol. The minimum absolute atomic E-state index is 0.133. The smallest absolute Gasteiger partial charge is 0.320 e. The molecule has 0 radical (unpaired) electrons. The van der Waals surface area contributed by atoms with Gasteiger partial charge in [0.05, 0.1) is 14.2 Å². The van der Waals surface area contributed by atoms with Crippen LogP contribution in [-0.2, 0) is 23.9 Å². The number of methoxy groups -OCH3 is 2. The minimum atomic E-state index is -1.04. The highest BCUT2D eigenvalue weighted by Gasteiger charge is 2.29. The summed E-state index contributed by atoms with van der Waals surface area (Å²) in [5, 5.41) is 0. The second-order valence-electron chi connectivity index (χ2n) is 4.39. The molecule has 0 aliphatic rings. The van der Waals surface area contributed by atoms with Gasteiger partial charge < -0.3 is 14.4 Å². The van der Waals surface area contributed by atoms with E-state index in [1.807, 2.05) is 18.2 Å². The summed E-state index contributed by atoms with van der Waals surface area (Å²) in [6, 6.07) is 9.03. The highest BCUT2D eigenvalue weighted by atomic mass is 16.5. The Labute approximate surface area is 123 Å². The van der Waals surface area contributed by atoms with E-state index in [0.717, 1.165) is 0 Å². The molecule has 0 aromatic heterocycles. The number of nitrogens with zero attached hydrogens (tertiary/aromatic N) is 1. The molecule has 0 aliphatic heterocycles. The molecule has 114 valence electrons. The molecular formula is C15H19NO5. The van der Waals surface area contributed by atoms with E-state index in [-0.39, 0.29) is 18.9 Å². The van der Waals surface area contributed by atoms with E-state index in [4.69, 9.17) is 0 Å². The molecule has 0 unspecified atom stereocenters. The summed E-state index contributed by atoms with van der Waals surface area (Å²) < 4.78 is 9.18. The molecule has 0 heterocycles. The maximum absolute atomic E-state index is 11.7. The van der Waals surface area contributed by atoms with Crippen molar-refractivity contribution in [3.63, 3.8) is 0 Å². The molecular weight excluding hydrogens is 274 g/mol. The third-order valence-corrected chi connectivity index (χ3v) is 3.06. The van der Waals surface area contributed by atoms with Gasteiger partial charge in [0.15, 0.2) is 5.92 Å². The fraction of sp³-hybridized carbons (Fsp3) is 0.400. The van der Waals surface area contributed by atoms with Crippen molar-refractivity contribution in [2.75, 3.05) is 25.7 Å². The Morgan fingerprint density at radius 2 is 1.57 bits per heavy atom. The Balaban J connectivity index is 2.82. The molecule has 0 spiro atoms. The monoisotopic (exact) mass is 293 g/mol. The molecule has 1 aromatic carbocycles. The summed E-state index contributed by atoms with van der Waals surface area (Å²) in [4.78, 5) is 36.4. The number of para-hydroxylation sites is 1. The molecule has 0 bridgehead atoms. The number of benzene rings is 1. The molecule has 0 saturated heterocycles. The lowest BCUT2D eigenvalue weighted by atomic mass is 10.1. The maximum Gasteiger partial charge on any atom is 0.320 e. The second kappa shape index (κ2) is 8.04. The van der Waals surface area contributed by atoms with Gasteiger partial charge in [-0.3, -0.25) is 14.4 Å². The Morgan fingerprint density at radius 1 is 1.05 bits per heavy atom. The van der Waals surface area contributed by atoms with Gasteiger partial charge >= 0.3 is 11.9 Å². The van der Waals surface area contributed by atoms with Crippen LogP contribution in [-0.4, -0.2) is 38.6 Å². The first-order valence-corrected chi connectivity index (χ1v) is 6.50. The van der Waals surface area contributed by atoms with Crippen LogP contribution < -0.4 is 4.90 Å². The van der Waals surface area contributed by atoms with E-state index in [1.54, 1.807) is 12.1 Å². The zero-order valence-electron chi connectivity index (χ0n) is 12.4. The van der Waals surface area contributed by atoms with E-state index in [0.29, 0.717) is 5.69 Å². The van der Waals surface area contributed by atoms with Crippen molar-refractivity contribution in [2.45, 2.75) is 13.3 Å². The number of hydrogen-bond donors (Lipinski definition) is 0. The molecule has 0 N–H and O–H groups in total. The van der Waals surface area contributed by atoms with Crippen molar-refractivity contribution < 1.29 is 23.9 Å². The molecule has 0 saturated carbocycles. The molecule has 1 aromatic rings. The van der Waals surface area contributed by atoms with Crippen molar-refractivity contribution in [1.29, 1.82) is 0 Å². The summed E-state index contributed by atoms with van der Waals surface area (Å²) in [5.74, 6) is -2.54. The summed E-state index contributed by atoms with van der Waals surface area (Å²) in [6.07, 6.45) is 0.133. The number of rotatable bonds is 6. The first kappa shape index (κ1) is 16.7. The largest absolute Gasteiger partial charge is 0.468 e. The number of hydrogen-bond acceptors (Lipinski definition) is 5. The highest BCUT2D eigenvalue weighted by Crippen LogP contribution is 2.17. The number of carbonyl (C=O) groups excluding carboxylic acids is 3. The van der Waals surface area contributed by atoms with Gasteiger partial charge in [0.25, 0.3) is 0 Å². The Hall–Kier alpha value is -2.37. The van der Waals surface area contributed by atoms with Crippen molar-refractivity contribution in [2.24, 2.45) is 5.92 Å². The molecule has 0 atom stereocenters. The van der Waals surface area contributed by atoms with Crippen LogP contribution >= 0.6 is 0 Å². The van der Waals surface area contributed by atoms with Gasteiger partial charge in [0.2, 0.25) is 5.91 Å². The van der Waals surface area contributed by atoms with E-state index in [2.05, 4.69) is 9.47 Å². The summed E-state index contributed by atoms with van der Waals surface area (Å²) in [7, 11) is 2.41. The van der Waals surface area contributed by atoms with E-state index in [1.165, 1.54) is 26.0 Å². The number of anilines is 1. The van der Waals surface area contributed by atoms with Crippen LogP contribution in [0.3, 0.4) is 0 Å². The number of amides is 1. The Bertz CT molecular complexity index is 484. The van der Waals surface area contributed by atoms with Gasteiger partial charge in [-0.15, -0.1) is 0 Å². The minimum Gasteiger partial charge on any atom is -0.468 e. The Kier molecular flexibility index (Phi) is 6.39. The van der Waals surface area contributed by atoms with Gasteiger partial charge in [-0.1, -0.05) is 18.2 Å². The van der Waals surface area contributed by atoms with Crippen molar-refractivity contribution in [1.82, 2.24) is 0 Å². The lowest BCUT2D eigenvalue weighted by Gasteiger charge is -2.22. The highest BCUT2D eigenvalue weighted by molar-refractivity contribution is 5.95. The standard InChI is InChI=1S/C15H19NO5/c1-11(17)16(12-7-5-4-6-8-12)10-9-13(14(18)20-2)15(19)21-3/h4-8,13H,9-10H2,1-3H3. The molecule has 21 heavy (non-hydrogen) atoms. The third kappa shape index (κ3) is 4.59. The van der Waals surface area contributed by atoms with Crippen LogP contribution in [0.25, 0.3) is 0 Å². The fourth-order valence-electron chi connectivity index (χ4n) is 1.95. The number of ether oxygens (including phenoxy) is 2. The molecule has 6 nitrogen and oxygen atoms in total. The van der Waals surface area contributed by atoms with Crippen molar-refractivity contribution in [3.8, 4) is 0 Å². The van der Waals surface area contributed by atoms with Gasteiger partial charge in [0.1, 0.15) is 0 Å². The van der Waals surface area contributed by atoms with Crippen LogP contribution in [0.4, 0.5) is 5.69 Å². The summed E-state index contributed by atoms with van der Waals surface area (Å²) in [6.45, 7) is 1.65. The zero-order valence-corrected chi connectivity index (χ0v) is 12.4. The average molecular weight is 293 g/mol. The maximum atomic E-state index is 11.7. The summed E-state index contributed by atoms with van der Waals surface area (Å²) >= 11 is 0. The van der Waals surface area contributed by atoms with Crippen molar-refractivity contribution >= 4 is 23.5 Å². The predicted octanol–water partition coefficient (Wildman–Crippen LogP) is 1.39. The quantitative estimate of drug-likeness (QED) is 0.585.